The topological polar surface area (TPSA) is 195 Å². The van der Waals surface area contributed by atoms with E-state index in [9.17, 15) is 29.7 Å². The fourth-order valence-electron chi connectivity index (χ4n) is 4.49. The van der Waals surface area contributed by atoms with Gasteiger partial charge in [0.1, 0.15) is 19.8 Å². The van der Waals surface area contributed by atoms with Gasteiger partial charge in [-0.2, -0.15) is 0 Å². The first-order valence-corrected chi connectivity index (χ1v) is 19.8. The Hall–Kier alpha value is -5.50. The second kappa shape index (κ2) is 21.3. The Morgan fingerprint density at radius 3 is 0.914 bits per heavy atom. The van der Waals surface area contributed by atoms with E-state index in [4.69, 9.17) is 39.8 Å². The number of benzene rings is 3. The Kier molecular flexibility index (Phi) is 17.2. The van der Waals surface area contributed by atoms with E-state index in [0.29, 0.717) is 16.7 Å². The minimum absolute atomic E-state index is 0.0696. The number of ether oxygens (including phenoxy) is 6. The van der Waals surface area contributed by atoms with Crippen LogP contribution in [0.5, 0.6) is 34.5 Å². The lowest BCUT2D eigenvalue weighted by atomic mass is 10.2. The monoisotopic (exact) mass is 822 g/mol. The molecule has 0 spiro atoms. The van der Waals surface area contributed by atoms with Gasteiger partial charge in [0.15, 0.2) is 34.5 Å². The molecule has 16 heteroatoms. The minimum Gasteiger partial charge on any atom is -0.546 e. The molecular formula is C42H51AlO15. The van der Waals surface area contributed by atoms with Gasteiger partial charge >= 0.3 is 50.4 Å². The maximum Gasteiger partial charge on any atom is 1.20 e. The van der Waals surface area contributed by atoms with Gasteiger partial charge in [-0.3, -0.25) is 0 Å². The number of carbonyl (C=O) groups is 3. The van der Waals surface area contributed by atoms with Crippen molar-refractivity contribution < 1.29 is 69.5 Å². The summed E-state index contributed by atoms with van der Waals surface area (Å²) in [7, 11) is 0. The Morgan fingerprint density at radius 1 is 0.483 bits per heavy atom. The number of aliphatic hydroxyl groups is 3. The third-order valence-corrected chi connectivity index (χ3v) is 9.03. The van der Waals surface area contributed by atoms with Crippen LogP contribution in [0.25, 0.3) is 0 Å². The highest BCUT2D eigenvalue weighted by Gasteiger charge is 2.59. The van der Waals surface area contributed by atoms with E-state index in [1.165, 1.54) is 57.2 Å². The summed E-state index contributed by atoms with van der Waals surface area (Å²) in [5, 5.41) is 34.5. The molecule has 0 aromatic heterocycles. The predicted octanol–water partition coefficient (Wildman–Crippen LogP) is 6.00. The van der Waals surface area contributed by atoms with Crippen LogP contribution in [0, 0.1) is 0 Å². The summed E-state index contributed by atoms with van der Waals surface area (Å²) in [5.74, 6) is -12.8. The first-order chi connectivity index (χ1) is 27.4. The average molecular weight is 823 g/mol. The van der Waals surface area contributed by atoms with Crippen molar-refractivity contribution in [3.8, 4) is 34.5 Å². The van der Waals surface area contributed by atoms with Gasteiger partial charge in [-0.1, -0.05) is 76.9 Å². The van der Waals surface area contributed by atoms with E-state index in [1.54, 1.807) is 57.2 Å². The number of para-hydroxylation sites is 6. The summed E-state index contributed by atoms with van der Waals surface area (Å²) in [6, 6.07) is 18.4. The molecule has 0 amide bonds. The van der Waals surface area contributed by atoms with Crippen LogP contribution in [0.3, 0.4) is 0 Å². The van der Waals surface area contributed by atoms with Crippen LogP contribution < -0.4 is 28.4 Å². The third kappa shape index (κ3) is 13.3. The minimum atomic E-state index is -4.59. The Bertz CT molecular complexity index is 1710. The zero-order valence-corrected chi connectivity index (χ0v) is 34.8. The maximum absolute atomic E-state index is 13.8. The van der Waals surface area contributed by atoms with Gasteiger partial charge < -0.3 is 55.1 Å². The summed E-state index contributed by atoms with van der Waals surface area (Å²) in [6.45, 7) is 21.0. The number of rotatable bonds is 24. The standard InChI is InChI=1S/3C14H18O5.Al/c3*1-4-14(17,13(15)16)19-12-8-6-5-7-11(12)18-9-10(2)3;/h3*5-8,17H,2,4,9H2,1,3H3,(H,15,16);/q;;;+3/p-3. The molecule has 0 fully saturated rings. The zero-order chi connectivity index (χ0) is 43.1. The van der Waals surface area contributed by atoms with Crippen molar-refractivity contribution in [1.82, 2.24) is 0 Å². The van der Waals surface area contributed by atoms with Gasteiger partial charge in [0.25, 0.3) is 0 Å². The van der Waals surface area contributed by atoms with Crippen molar-refractivity contribution in [2.45, 2.75) is 78.2 Å². The fourth-order valence-corrected chi connectivity index (χ4v) is 5.72. The highest BCUT2D eigenvalue weighted by molar-refractivity contribution is 6.44. The van der Waals surface area contributed by atoms with Gasteiger partial charge in [-0.15, -0.1) is 0 Å². The molecule has 0 saturated heterocycles. The molecule has 3 atom stereocenters. The van der Waals surface area contributed by atoms with Crippen molar-refractivity contribution in [3.63, 3.8) is 0 Å². The molecule has 3 aromatic rings. The normalized spacial score (nSPS) is 13.8. The molecular weight excluding hydrogens is 771 g/mol. The molecule has 0 bridgehead atoms. The summed E-state index contributed by atoms with van der Waals surface area (Å²) in [4.78, 5) is 41.3. The SMILES string of the molecule is C=C(C)COc1ccccc1OC(O)(CC)C(=O)[O][Al]([O]C(=O)C(O)(CC)Oc1ccccc1OCC(=C)C)[O]C(=O)C(O)(CC)Oc1ccccc1OCC(=C)C. The van der Waals surface area contributed by atoms with E-state index in [0.717, 1.165) is 0 Å². The van der Waals surface area contributed by atoms with Crippen LogP contribution in [0.2, 0.25) is 0 Å². The first kappa shape index (κ1) is 46.9. The lowest BCUT2D eigenvalue weighted by Crippen LogP contribution is -2.54. The van der Waals surface area contributed by atoms with Gasteiger partial charge in [-0.05, 0) is 73.9 Å². The van der Waals surface area contributed by atoms with E-state index < -0.39 is 69.7 Å². The molecule has 0 radical (unpaired) electrons. The van der Waals surface area contributed by atoms with Crippen molar-refractivity contribution in [2.75, 3.05) is 19.8 Å². The molecule has 58 heavy (non-hydrogen) atoms. The van der Waals surface area contributed by atoms with Crippen molar-refractivity contribution >= 4 is 33.1 Å². The number of hydrogen-bond acceptors (Lipinski definition) is 15. The summed E-state index contributed by atoms with van der Waals surface area (Å²) < 4.78 is 50.4. The molecule has 0 aliphatic rings. The molecule has 15 nitrogen and oxygen atoms in total. The number of hydrogen-bond donors (Lipinski definition) is 3. The summed E-state index contributed by atoms with van der Waals surface area (Å²) >= 11 is -4.59. The van der Waals surface area contributed by atoms with Gasteiger partial charge in [-0.25, -0.2) is 14.4 Å². The zero-order valence-electron chi connectivity index (χ0n) is 33.6. The van der Waals surface area contributed by atoms with Crippen molar-refractivity contribution in [3.05, 3.63) is 109 Å². The van der Waals surface area contributed by atoms with E-state index in [1.807, 2.05) is 0 Å². The molecule has 3 unspecified atom stereocenters. The van der Waals surface area contributed by atoms with Crippen LogP contribution in [-0.2, 0) is 25.7 Å². The summed E-state index contributed by atoms with van der Waals surface area (Å²) in [5.41, 5.74) is 2.03. The van der Waals surface area contributed by atoms with Crippen molar-refractivity contribution in [2.24, 2.45) is 0 Å². The van der Waals surface area contributed by atoms with Crippen LogP contribution in [0.4, 0.5) is 0 Å². The molecule has 0 saturated carbocycles. The van der Waals surface area contributed by atoms with Crippen LogP contribution in [0.15, 0.2) is 109 Å². The first-order valence-electron chi connectivity index (χ1n) is 18.3. The summed E-state index contributed by atoms with van der Waals surface area (Å²) in [6.07, 6.45) is -1.30. The Balaban J connectivity index is 1.99. The van der Waals surface area contributed by atoms with Crippen LogP contribution in [-0.4, -0.2) is 85.6 Å². The van der Waals surface area contributed by atoms with Gasteiger partial charge in [0, 0.05) is 19.3 Å². The fraction of sp³-hybridized carbons (Fsp3) is 0.357. The molecule has 0 aliphatic carbocycles. The lowest BCUT2D eigenvalue weighted by Gasteiger charge is -2.31. The second-order valence-electron chi connectivity index (χ2n) is 13.3. The highest BCUT2D eigenvalue weighted by Crippen LogP contribution is 2.34. The van der Waals surface area contributed by atoms with Crippen LogP contribution >= 0.6 is 0 Å². The van der Waals surface area contributed by atoms with Gasteiger partial charge in [0.2, 0.25) is 0 Å². The molecule has 0 aliphatic heterocycles. The van der Waals surface area contributed by atoms with E-state index in [-0.39, 0.29) is 54.3 Å². The Morgan fingerprint density at radius 2 is 0.707 bits per heavy atom. The quantitative estimate of drug-likeness (QED) is 0.0541. The molecule has 0 heterocycles. The van der Waals surface area contributed by atoms with Gasteiger partial charge in [0.05, 0.1) is 0 Å². The maximum atomic E-state index is 13.8. The highest BCUT2D eigenvalue weighted by atomic mass is 27.3. The third-order valence-electron chi connectivity index (χ3n) is 7.81. The molecule has 3 aromatic carbocycles. The van der Waals surface area contributed by atoms with Crippen molar-refractivity contribution in [1.29, 1.82) is 0 Å². The molecule has 3 N–H and O–H groups in total. The molecule has 312 valence electrons. The average Bonchev–Trinajstić information content (AvgIpc) is 3.19. The predicted molar refractivity (Wildman–Crippen MR) is 212 cm³/mol. The largest absolute Gasteiger partial charge is 1.20 e. The second-order valence-corrected chi connectivity index (χ2v) is 14.6. The Labute approximate surface area is 343 Å². The van der Waals surface area contributed by atoms with Crippen LogP contribution in [0.1, 0.15) is 60.8 Å². The molecule has 3 rings (SSSR count). The lowest BCUT2D eigenvalue weighted by molar-refractivity contribution is -0.207. The van der Waals surface area contributed by atoms with E-state index >= 15 is 0 Å². The smallest absolute Gasteiger partial charge is 0.546 e. The number of carbonyl (C=O) groups excluding carboxylic acids is 3. The van der Waals surface area contributed by atoms with E-state index in [2.05, 4.69) is 19.7 Å².